The van der Waals surface area contributed by atoms with Crippen LogP contribution >= 0.6 is 11.6 Å². The second kappa shape index (κ2) is 6.48. The predicted octanol–water partition coefficient (Wildman–Crippen LogP) is 3.89. The van der Waals surface area contributed by atoms with Gasteiger partial charge in [0, 0.05) is 16.3 Å². The maximum Gasteiger partial charge on any atom is 0.494 e. The highest BCUT2D eigenvalue weighted by Gasteiger charge is 2.51. The molecule has 1 N–H and O–H groups in total. The van der Waals surface area contributed by atoms with Gasteiger partial charge in [0.05, 0.1) is 11.2 Å². The molecular formula is C19H21BClNO3. The number of hydrogen-bond acceptors (Lipinski definition) is 3. The Morgan fingerprint density at radius 3 is 2.20 bits per heavy atom. The van der Waals surface area contributed by atoms with Crippen molar-refractivity contribution in [1.82, 2.24) is 0 Å². The highest BCUT2D eigenvalue weighted by atomic mass is 35.5. The maximum atomic E-state index is 12.3. The average Bonchev–Trinajstić information content (AvgIpc) is 2.76. The molecule has 1 aliphatic rings. The molecule has 130 valence electrons. The van der Waals surface area contributed by atoms with Crippen molar-refractivity contribution in [3.63, 3.8) is 0 Å². The lowest BCUT2D eigenvalue weighted by atomic mass is 9.79. The highest BCUT2D eigenvalue weighted by molar-refractivity contribution is 6.62. The van der Waals surface area contributed by atoms with Crippen molar-refractivity contribution in [2.45, 2.75) is 38.9 Å². The van der Waals surface area contributed by atoms with Crippen LogP contribution < -0.4 is 10.8 Å². The molecule has 0 spiro atoms. The van der Waals surface area contributed by atoms with Gasteiger partial charge in [0.1, 0.15) is 0 Å². The number of benzene rings is 2. The summed E-state index contributed by atoms with van der Waals surface area (Å²) in [6.45, 7) is 8.05. The van der Waals surface area contributed by atoms with Gasteiger partial charge >= 0.3 is 7.12 Å². The molecule has 2 aromatic carbocycles. The third-order valence-corrected chi connectivity index (χ3v) is 5.03. The molecule has 0 saturated carbocycles. The number of nitrogens with one attached hydrogen (secondary N) is 1. The van der Waals surface area contributed by atoms with Crippen molar-refractivity contribution in [3.05, 3.63) is 59.1 Å². The Balaban J connectivity index is 1.76. The molecule has 1 aliphatic heterocycles. The Kier molecular flexibility index (Phi) is 4.67. The summed E-state index contributed by atoms with van der Waals surface area (Å²) in [5.74, 6) is -0.192. The largest absolute Gasteiger partial charge is 0.494 e. The number of hydrogen-bond donors (Lipinski definition) is 1. The van der Waals surface area contributed by atoms with Crippen LogP contribution in [0.4, 0.5) is 5.69 Å². The molecule has 1 amide bonds. The fourth-order valence-corrected chi connectivity index (χ4v) is 2.67. The van der Waals surface area contributed by atoms with E-state index in [-0.39, 0.29) is 5.91 Å². The fourth-order valence-electron chi connectivity index (χ4n) is 2.55. The summed E-state index contributed by atoms with van der Waals surface area (Å²) in [4.78, 5) is 12.3. The van der Waals surface area contributed by atoms with Crippen LogP contribution in [0.25, 0.3) is 0 Å². The molecule has 6 heteroatoms. The first-order chi connectivity index (χ1) is 11.7. The van der Waals surface area contributed by atoms with E-state index in [4.69, 9.17) is 20.9 Å². The third kappa shape index (κ3) is 3.74. The van der Waals surface area contributed by atoms with Gasteiger partial charge in [0.25, 0.3) is 5.91 Å². The minimum Gasteiger partial charge on any atom is -0.399 e. The topological polar surface area (TPSA) is 47.6 Å². The summed E-state index contributed by atoms with van der Waals surface area (Å²) in [6, 6.07) is 14.3. The molecule has 0 aromatic heterocycles. The summed E-state index contributed by atoms with van der Waals surface area (Å²) >= 11 is 5.86. The highest BCUT2D eigenvalue weighted by Crippen LogP contribution is 2.36. The number of amides is 1. The molecule has 1 heterocycles. The van der Waals surface area contributed by atoms with Crippen LogP contribution in [-0.2, 0) is 9.31 Å². The number of anilines is 1. The molecule has 3 rings (SSSR count). The van der Waals surface area contributed by atoms with Gasteiger partial charge in [0.2, 0.25) is 0 Å². The standard InChI is InChI=1S/C19H21BClNO3/c1-18(2)19(3,4)25-20(24-18)14-6-5-7-16(12-14)22-17(23)13-8-10-15(21)11-9-13/h5-12H,1-4H3,(H,22,23). The summed E-state index contributed by atoms with van der Waals surface area (Å²) in [7, 11) is -0.461. The molecule has 0 radical (unpaired) electrons. The molecule has 2 aromatic rings. The van der Waals surface area contributed by atoms with Gasteiger partial charge in [-0.15, -0.1) is 0 Å². The maximum absolute atomic E-state index is 12.3. The normalized spacial score (nSPS) is 18.2. The van der Waals surface area contributed by atoms with Crippen molar-refractivity contribution >= 4 is 35.8 Å². The van der Waals surface area contributed by atoms with E-state index in [1.165, 1.54) is 0 Å². The van der Waals surface area contributed by atoms with E-state index in [9.17, 15) is 4.79 Å². The summed E-state index contributed by atoms with van der Waals surface area (Å²) in [5.41, 5.74) is 1.30. The van der Waals surface area contributed by atoms with Gasteiger partial charge in [-0.3, -0.25) is 4.79 Å². The smallest absolute Gasteiger partial charge is 0.399 e. The number of halogens is 1. The zero-order valence-corrected chi connectivity index (χ0v) is 15.6. The van der Waals surface area contributed by atoms with E-state index in [1.54, 1.807) is 24.3 Å². The first kappa shape index (κ1) is 18.0. The molecule has 1 fully saturated rings. The second-order valence-electron chi connectivity index (χ2n) is 7.17. The van der Waals surface area contributed by atoms with Crippen molar-refractivity contribution in [2.75, 3.05) is 5.32 Å². The molecule has 4 nitrogen and oxygen atoms in total. The van der Waals surface area contributed by atoms with E-state index in [0.29, 0.717) is 16.3 Å². The second-order valence-corrected chi connectivity index (χ2v) is 7.61. The molecule has 25 heavy (non-hydrogen) atoms. The van der Waals surface area contributed by atoms with Crippen molar-refractivity contribution in [2.24, 2.45) is 0 Å². The Labute approximate surface area is 153 Å². The SMILES string of the molecule is CC1(C)OB(c2cccc(NC(=O)c3ccc(Cl)cc3)c2)OC1(C)C. The summed E-state index contributed by atoms with van der Waals surface area (Å²) in [6.07, 6.45) is 0. The van der Waals surface area contributed by atoms with Gasteiger partial charge < -0.3 is 14.6 Å². The van der Waals surface area contributed by atoms with E-state index in [1.807, 2.05) is 52.0 Å². The summed E-state index contributed by atoms with van der Waals surface area (Å²) in [5, 5.41) is 3.49. The minimum atomic E-state index is -0.461. The lowest BCUT2D eigenvalue weighted by molar-refractivity contribution is 0.00578. The van der Waals surface area contributed by atoms with E-state index in [0.717, 1.165) is 5.46 Å². The van der Waals surface area contributed by atoms with Crippen molar-refractivity contribution in [3.8, 4) is 0 Å². The number of rotatable bonds is 3. The molecule has 0 aliphatic carbocycles. The van der Waals surface area contributed by atoms with Crippen LogP contribution in [0.3, 0.4) is 0 Å². The lowest BCUT2D eigenvalue weighted by Gasteiger charge is -2.32. The zero-order chi connectivity index (χ0) is 18.2. The van der Waals surface area contributed by atoms with Crippen molar-refractivity contribution in [1.29, 1.82) is 0 Å². The molecule has 0 atom stereocenters. The van der Waals surface area contributed by atoms with Crippen molar-refractivity contribution < 1.29 is 14.1 Å². The number of carbonyl (C=O) groups excluding carboxylic acids is 1. The van der Waals surface area contributed by atoms with Gasteiger partial charge in [-0.05, 0) is 69.6 Å². The Bertz CT molecular complexity index is 774. The fraction of sp³-hybridized carbons (Fsp3) is 0.316. The monoisotopic (exact) mass is 357 g/mol. The third-order valence-electron chi connectivity index (χ3n) is 4.78. The van der Waals surface area contributed by atoms with Gasteiger partial charge in [-0.1, -0.05) is 23.7 Å². The van der Waals surface area contributed by atoms with Gasteiger partial charge in [0.15, 0.2) is 0 Å². The van der Waals surface area contributed by atoms with E-state index >= 15 is 0 Å². The van der Waals surface area contributed by atoms with Crippen LogP contribution in [0.1, 0.15) is 38.1 Å². The first-order valence-electron chi connectivity index (χ1n) is 8.20. The van der Waals surface area contributed by atoms with Gasteiger partial charge in [-0.25, -0.2) is 0 Å². The van der Waals surface area contributed by atoms with Crippen LogP contribution in [-0.4, -0.2) is 24.2 Å². The molecule has 1 saturated heterocycles. The average molecular weight is 358 g/mol. The molecule has 0 unspecified atom stereocenters. The quantitative estimate of drug-likeness (QED) is 0.848. The predicted molar refractivity (Wildman–Crippen MR) is 102 cm³/mol. The van der Waals surface area contributed by atoms with Crippen LogP contribution in [0.15, 0.2) is 48.5 Å². The van der Waals surface area contributed by atoms with E-state index < -0.39 is 18.3 Å². The minimum absolute atomic E-state index is 0.192. The zero-order valence-electron chi connectivity index (χ0n) is 14.8. The molecular weight excluding hydrogens is 336 g/mol. The lowest BCUT2D eigenvalue weighted by Crippen LogP contribution is -2.41. The number of carbonyl (C=O) groups is 1. The van der Waals surface area contributed by atoms with Crippen LogP contribution in [0.5, 0.6) is 0 Å². The Morgan fingerprint density at radius 2 is 1.60 bits per heavy atom. The summed E-state index contributed by atoms with van der Waals surface area (Å²) < 4.78 is 12.1. The van der Waals surface area contributed by atoms with Crippen LogP contribution in [0.2, 0.25) is 5.02 Å². The Hall–Kier alpha value is -1.82. The Morgan fingerprint density at radius 1 is 1.00 bits per heavy atom. The van der Waals surface area contributed by atoms with Crippen LogP contribution in [0, 0.1) is 0 Å². The van der Waals surface area contributed by atoms with Gasteiger partial charge in [-0.2, -0.15) is 0 Å². The molecule has 0 bridgehead atoms. The first-order valence-corrected chi connectivity index (χ1v) is 8.58. The van der Waals surface area contributed by atoms with E-state index in [2.05, 4.69) is 5.32 Å².